The Morgan fingerprint density at radius 1 is 1.00 bits per heavy atom. The van der Waals surface area contributed by atoms with E-state index in [1.54, 1.807) is 30.3 Å². The van der Waals surface area contributed by atoms with E-state index in [1.165, 1.54) is 0 Å². The van der Waals surface area contributed by atoms with E-state index < -0.39 is 5.91 Å². The zero-order chi connectivity index (χ0) is 19.3. The fourth-order valence-corrected chi connectivity index (χ4v) is 3.93. The topological polar surface area (TPSA) is 123 Å². The average Bonchev–Trinajstić information content (AvgIpc) is 3.31. The van der Waals surface area contributed by atoms with Crippen LogP contribution in [-0.2, 0) is 4.79 Å². The van der Waals surface area contributed by atoms with E-state index in [2.05, 4.69) is 25.2 Å². The maximum Gasteiger partial charge on any atom is 0.279 e. The summed E-state index contributed by atoms with van der Waals surface area (Å²) in [4.78, 5) is 23.4. The highest BCUT2D eigenvalue weighted by Crippen LogP contribution is 2.39. The summed E-state index contributed by atoms with van der Waals surface area (Å²) in [5.41, 5.74) is 1.29. The molecule has 0 atom stereocenters. The molecule has 3 N–H and O–H groups in total. The van der Waals surface area contributed by atoms with Gasteiger partial charge >= 0.3 is 0 Å². The fourth-order valence-electron chi connectivity index (χ4n) is 3.10. The summed E-state index contributed by atoms with van der Waals surface area (Å²) >= 11 is 1.03. The van der Waals surface area contributed by atoms with E-state index in [0.717, 1.165) is 16.9 Å². The number of nitrogens with one attached hydrogen (secondary N) is 1. The summed E-state index contributed by atoms with van der Waals surface area (Å²) in [7, 11) is 0. The number of aromatic nitrogens is 2. The molecule has 9 heteroatoms. The van der Waals surface area contributed by atoms with Crippen LogP contribution in [0.5, 0.6) is 11.8 Å². The van der Waals surface area contributed by atoms with Crippen LogP contribution < -0.4 is 10.6 Å². The van der Waals surface area contributed by atoms with Crippen molar-refractivity contribution in [1.82, 2.24) is 9.97 Å². The molecule has 8 nitrogen and oxygen atoms in total. The minimum absolute atomic E-state index is 0.112. The third kappa shape index (κ3) is 2.48. The minimum atomic E-state index is -0.432. The summed E-state index contributed by atoms with van der Waals surface area (Å²) in [6.07, 6.45) is 0. The summed E-state index contributed by atoms with van der Waals surface area (Å²) in [6.45, 7) is 0. The van der Waals surface area contributed by atoms with Crippen molar-refractivity contribution in [2.45, 2.75) is 0 Å². The number of rotatable bonds is 3. The Labute approximate surface area is 160 Å². The Bertz CT molecular complexity index is 1420. The lowest BCUT2D eigenvalue weighted by Crippen LogP contribution is -2.22. The first-order chi connectivity index (χ1) is 13.6. The lowest BCUT2D eigenvalue weighted by Gasteiger charge is -1.94. The number of para-hydroxylation sites is 2. The lowest BCUT2D eigenvalue weighted by molar-refractivity contribution is -0.112. The van der Waals surface area contributed by atoms with Crippen molar-refractivity contribution in [3.05, 3.63) is 64.0 Å². The van der Waals surface area contributed by atoms with Crippen LogP contribution in [0.1, 0.15) is 4.88 Å². The standard InChI is InChI=1S/C19H11N5O3S/c25-16-13(9-5-1-3-7-11(9)20-16)15-18(27)22-19(28-15)24-23-14-10-6-2-4-8-12(10)21-17(14)26/h1-8,21,26-27H. The second-order valence-electron chi connectivity index (χ2n) is 6.03. The highest BCUT2D eigenvalue weighted by atomic mass is 32.1. The third-order valence-electron chi connectivity index (χ3n) is 4.33. The molecular formula is C19H11N5O3S. The van der Waals surface area contributed by atoms with Crippen molar-refractivity contribution in [3.63, 3.8) is 0 Å². The van der Waals surface area contributed by atoms with Crippen LogP contribution >= 0.6 is 11.3 Å². The summed E-state index contributed by atoms with van der Waals surface area (Å²) in [5, 5.41) is 30.5. The number of azo groups is 1. The van der Waals surface area contributed by atoms with Gasteiger partial charge in [-0.1, -0.05) is 47.7 Å². The predicted molar refractivity (Wildman–Crippen MR) is 103 cm³/mol. The van der Waals surface area contributed by atoms with Gasteiger partial charge in [0, 0.05) is 10.6 Å². The molecule has 1 aliphatic heterocycles. The smallest absolute Gasteiger partial charge is 0.279 e. The molecule has 3 heterocycles. The van der Waals surface area contributed by atoms with Crippen molar-refractivity contribution in [2.24, 2.45) is 15.2 Å². The van der Waals surface area contributed by atoms with Crippen LogP contribution in [0.3, 0.4) is 0 Å². The van der Waals surface area contributed by atoms with E-state index in [0.29, 0.717) is 21.5 Å². The zero-order valence-electron chi connectivity index (χ0n) is 14.1. The quantitative estimate of drug-likeness (QED) is 0.466. The summed E-state index contributed by atoms with van der Waals surface area (Å²) in [5.74, 6) is -0.853. The highest BCUT2D eigenvalue weighted by Gasteiger charge is 2.24. The van der Waals surface area contributed by atoms with Crippen LogP contribution in [0.25, 0.3) is 16.5 Å². The van der Waals surface area contributed by atoms with Gasteiger partial charge in [0.15, 0.2) is 5.69 Å². The van der Waals surface area contributed by atoms with E-state index in [9.17, 15) is 15.0 Å². The Morgan fingerprint density at radius 2 is 1.79 bits per heavy atom. The van der Waals surface area contributed by atoms with E-state index >= 15 is 0 Å². The Hall–Kier alpha value is -3.85. The first-order valence-corrected chi connectivity index (χ1v) is 9.07. The number of nitrogens with zero attached hydrogens (tertiary/aromatic N) is 4. The number of fused-ring (bicyclic) bond motifs is 2. The van der Waals surface area contributed by atoms with Gasteiger partial charge in [-0.05, 0) is 12.1 Å². The van der Waals surface area contributed by atoms with Crippen molar-refractivity contribution < 1.29 is 15.0 Å². The Morgan fingerprint density at radius 3 is 2.68 bits per heavy atom. The number of carbonyl (C=O) groups is 1. The summed E-state index contributed by atoms with van der Waals surface area (Å²) in [6, 6.07) is 14.4. The molecule has 0 spiro atoms. The van der Waals surface area contributed by atoms with E-state index in [4.69, 9.17) is 0 Å². The number of H-pyrrole nitrogens is 1. The van der Waals surface area contributed by atoms with Gasteiger partial charge in [0.2, 0.25) is 16.9 Å². The van der Waals surface area contributed by atoms with Gasteiger partial charge in [0.25, 0.3) is 5.91 Å². The van der Waals surface area contributed by atoms with Crippen molar-refractivity contribution in [3.8, 4) is 11.8 Å². The van der Waals surface area contributed by atoms with Crippen molar-refractivity contribution in [1.29, 1.82) is 0 Å². The van der Waals surface area contributed by atoms with Gasteiger partial charge in [0.1, 0.15) is 4.88 Å². The molecule has 0 saturated carbocycles. The molecule has 4 aromatic rings. The molecule has 0 aliphatic carbocycles. The van der Waals surface area contributed by atoms with Crippen LogP contribution in [0.2, 0.25) is 0 Å². The number of carbonyl (C=O) groups excluding carboxylic acids is 1. The summed E-state index contributed by atoms with van der Waals surface area (Å²) < 4.78 is 0. The molecule has 5 rings (SSSR count). The van der Waals surface area contributed by atoms with E-state index in [-0.39, 0.29) is 27.5 Å². The average molecular weight is 389 g/mol. The number of aromatic amines is 1. The van der Waals surface area contributed by atoms with Gasteiger partial charge in [-0.3, -0.25) is 4.79 Å². The normalized spacial score (nSPS) is 13.4. The SMILES string of the molecule is O=C1N=c2ccccc2=C1c1sc(N=Nc2c(O)[nH]c3ccccc23)nc1O. The molecule has 0 bridgehead atoms. The third-order valence-corrected chi connectivity index (χ3v) is 5.28. The molecular weight excluding hydrogens is 378 g/mol. The van der Waals surface area contributed by atoms with Crippen LogP contribution in [0.4, 0.5) is 10.8 Å². The maximum atomic E-state index is 12.3. The number of thiazole rings is 1. The monoisotopic (exact) mass is 389 g/mol. The van der Waals surface area contributed by atoms with Gasteiger partial charge in [-0.15, -0.1) is 10.2 Å². The van der Waals surface area contributed by atoms with Gasteiger partial charge < -0.3 is 15.2 Å². The Balaban J connectivity index is 1.58. The van der Waals surface area contributed by atoms with Gasteiger partial charge in [0.05, 0.1) is 16.4 Å². The molecule has 2 aromatic heterocycles. The van der Waals surface area contributed by atoms with E-state index in [1.807, 2.05) is 18.2 Å². The van der Waals surface area contributed by atoms with Crippen molar-refractivity contribution in [2.75, 3.05) is 0 Å². The molecule has 0 fully saturated rings. The van der Waals surface area contributed by atoms with Gasteiger partial charge in [-0.2, -0.15) is 4.98 Å². The first kappa shape index (κ1) is 16.3. The number of aromatic hydroxyl groups is 2. The molecule has 1 amide bonds. The first-order valence-electron chi connectivity index (χ1n) is 8.26. The Kier molecular flexibility index (Phi) is 3.56. The number of hydrogen-bond acceptors (Lipinski definition) is 7. The zero-order valence-corrected chi connectivity index (χ0v) is 14.9. The van der Waals surface area contributed by atoms with Crippen LogP contribution in [0.15, 0.2) is 63.8 Å². The molecule has 1 aliphatic rings. The number of hydrogen-bond donors (Lipinski definition) is 3. The predicted octanol–water partition coefficient (Wildman–Crippen LogP) is 2.81. The highest BCUT2D eigenvalue weighted by molar-refractivity contribution is 7.17. The largest absolute Gasteiger partial charge is 0.493 e. The van der Waals surface area contributed by atoms with Gasteiger partial charge in [-0.25, -0.2) is 4.99 Å². The maximum absolute atomic E-state index is 12.3. The molecule has 2 aromatic carbocycles. The molecule has 0 radical (unpaired) electrons. The molecule has 28 heavy (non-hydrogen) atoms. The second-order valence-corrected chi connectivity index (χ2v) is 7.00. The van der Waals surface area contributed by atoms with Crippen LogP contribution in [0, 0.1) is 0 Å². The van der Waals surface area contributed by atoms with Crippen molar-refractivity contribution >= 4 is 44.5 Å². The second kappa shape index (κ2) is 6.10. The molecule has 136 valence electrons. The van der Waals surface area contributed by atoms with Crippen LogP contribution in [-0.4, -0.2) is 26.1 Å². The molecule has 0 saturated heterocycles. The fraction of sp³-hybridized carbons (Fsp3) is 0. The molecule has 0 unspecified atom stereocenters. The minimum Gasteiger partial charge on any atom is -0.493 e. The lowest BCUT2D eigenvalue weighted by atomic mass is 10.1. The number of benzene rings is 2. The number of amides is 1.